The van der Waals surface area contributed by atoms with Crippen molar-refractivity contribution in [2.24, 2.45) is 0 Å². The number of hydrogen-bond donors (Lipinski definition) is 0. The number of halogens is 1. The largest absolute Gasteiger partial charge is 0.337 e. The summed E-state index contributed by atoms with van der Waals surface area (Å²) >= 11 is 3.67. The average molecular weight is 485 g/mol. The molecule has 1 saturated heterocycles. The second-order valence-electron chi connectivity index (χ2n) is 8.24. The van der Waals surface area contributed by atoms with Gasteiger partial charge in [0, 0.05) is 36.7 Å². The highest BCUT2D eigenvalue weighted by molar-refractivity contribution is 9.10. The highest BCUT2D eigenvalue weighted by Crippen LogP contribution is 2.38. The third-order valence-corrected chi connectivity index (χ3v) is 6.78. The van der Waals surface area contributed by atoms with Gasteiger partial charge in [-0.05, 0) is 46.0 Å². The van der Waals surface area contributed by atoms with E-state index in [0.717, 1.165) is 36.2 Å². The molecule has 1 fully saturated rings. The van der Waals surface area contributed by atoms with Crippen LogP contribution in [-0.2, 0) is 4.79 Å². The van der Waals surface area contributed by atoms with E-state index in [4.69, 9.17) is 0 Å². The lowest BCUT2D eigenvalue weighted by molar-refractivity contribution is -0.127. The van der Waals surface area contributed by atoms with Crippen LogP contribution < -0.4 is 0 Å². The summed E-state index contributed by atoms with van der Waals surface area (Å²) in [5.41, 5.74) is 6.19. The Balaban J connectivity index is 1.36. The van der Waals surface area contributed by atoms with Crippen molar-refractivity contribution in [2.45, 2.75) is 6.04 Å². The maximum Gasteiger partial charge on any atom is 0.246 e. The fourth-order valence-corrected chi connectivity index (χ4v) is 5.00. The Bertz CT molecular complexity index is 1180. The molecule has 0 N–H and O–H groups in total. The third-order valence-electron chi connectivity index (χ3n) is 6.29. The minimum atomic E-state index is 0.0829. The van der Waals surface area contributed by atoms with Gasteiger partial charge in [0.05, 0.1) is 6.04 Å². The normalized spacial score (nSPS) is 18.3. The Morgan fingerprint density at radius 3 is 2.28 bits per heavy atom. The first kappa shape index (κ1) is 20.9. The van der Waals surface area contributed by atoms with Crippen LogP contribution in [0, 0.1) is 0 Å². The van der Waals surface area contributed by atoms with E-state index in [1.165, 1.54) is 22.3 Å². The number of carbonyl (C=O) groups is 1. The summed E-state index contributed by atoms with van der Waals surface area (Å²) in [5, 5.41) is 0. The monoisotopic (exact) mass is 484 g/mol. The molecule has 160 valence electrons. The van der Waals surface area contributed by atoms with Gasteiger partial charge in [0.1, 0.15) is 0 Å². The van der Waals surface area contributed by atoms with Crippen LogP contribution >= 0.6 is 15.9 Å². The molecule has 32 heavy (non-hydrogen) atoms. The lowest BCUT2D eigenvalue weighted by Crippen LogP contribution is -2.49. The zero-order valence-electron chi connectivity index (χ0n) is 17.8. The van der Waals surface area contributed by atoms with E-state index in [9.17, 15) is 4.79 Å². The standard InChI is InChI=1S/C28H25BrN2O/c29-24-14-13-23-12-11-22-8-4-5-9-25(22)28(26(23)20-24)31-18-16-30(17-19-31)27(32)15-10-21-6-2-1-3-7-21/h1-15,20,28H,16-19H2/b15-10+. The molecule has 1 heterocycles. The van der Waals surface area contributed by atoms with Crippen molar-refractivity contribution in [3.63, 3.8) is 0 Å². The lowest BCUT2D eigenvalue weighted by Gasteiger charge is -2.40. The average Bonchev–Trinajstić information content (AvgIpc) is 3.00. The maximum absolute atomic E-state index is 12.8. The van der Waals surface area contributed by atoms with Crippen molar-refractivity contribution in [1.82, 2.24) is 9.80 Å². The molecule has 0 radical (unpaired) electrons. The maximum atomic E-state index is 12.8. The number of benzene rings is 3. The molecular formula is C28H25BrN2O. The second-order valence-corrected chi connectivity index (χ2v) is 9.16. The van der Waals surface area contributed by atoms with E-state index in [-0.39, 0.29) is 11.9 Å². The van der Waals surface area contributed by atoms with Gasteiger partial charge in [-0.3, -0.25) is 9.69 Å². The minimum Gasteiger partial charge on any atom is -0.337 e. The summed E-state index contributed by atoms with van der Waals surface area (Å²) in [7, 11) is 0. The predicted octanol–water partition coefficient (Wildman–Crippen LogP) is 5.88. The fourth-order valence-electron chi connectivity index (χ4n) is 4.62. The first-order chi connectivity index (χ1) is 15.7. The molecule has 2 aliphatic rings. The number of hydrogen-bond acceptors (Lipinski definition) is 2. The van der Waals surface area contributed by atoms with Gasteiger partial charge >= 0.3 is 0 Å². The van der Waals surface area contributed by atoms with Gasteiger partial charge in [0.2, 0.25) is 5.91 Å². The van der Waals surface area contributed by atoms with Crippen LogP contribution in [0.3, 0.4) is 0 Å². The molecule has 1 aliphatic heterocycles. The lowest BCUT2D eigenvalue weighted by atomic mass is 9.92. The zero-order chi connectivity index (χ0) is 21.9. The first-order valence-corrected chi connectivity index (χ1v) is 11.8. The summed E-state index contributed by atoms with van der Waals surface area (Å²) < 4.78 is 1.09. The van der Waals surface area contributed by atoms with Gasteiger partial charge in [-0.1, -0.05) is 88.7 Å². The van der Waals surface area contributed by atoms with Crippen molar-refractivity contribution >= 4 is 40.1 Å². The number of fused-ring (bicyclic) bond motifs is 2. The van der Waals surface area contributed by atoms with Crippen LogP contribution in [0.25, 0.3) is 18.2 Å². The highest BCUT2D eigenvalue weighted by atomic mass is 79.9. The number of piperazine rings is 1. The fraction of sp³-hybridized carbons (Fsp3) is 0.179. The van der Waals surface area contributed by atoms with Gasteiger partial charge in [-0.15, -0.1) is 0 Å². The molecular weight excluding hydrogens is 460 g/mol. The topological polar surface area (TPSA) is 23.6 Å². The molecule has 4 heteroatoms. The van der Waals surface area contributed by atoms with Gasteiger partial charge < -0.3 is 4.90 Å². The molecule has 1 unspecified atom stereocenters. The summed E-state index contributed by atoms with van der Waals surface area (Å²) in [5.74, 6) is 0.0829. The van der Waals surface area contributed by atoms with Gasteiger partial charge in [-0.2, -0.15) is 0 Å². The Kier molecular flexibility index (Phi) is 6.06. The SMILES string of the molecule is O=C(/C=C/c1ccccc1)N1CCN(C2c3ccccc3C=Cc3ccc(Br)cc32)CC1. The quantitative estimate of drug-likeness (QED) is 0.433. The van der Waals surface area contributed by atoms with E-state index in [1.54, 1.807) is 6.08 Å². The summed E-state index contributed by atoms with van der Waals surface area (Å²) in [4.78, 5) is 17.2. The summed E-state index contributed by atoms with van der Waals surface area (Å²) in [6, 6.07) is 25.3. The number of rotatable bonds is 3. The smallest absolute Gasteiger partial charge is 0.246 e. The van der Waals surface area contributed by atoms with Crippen molar-refractivity contribution in [3.05, 3.63) is 111 Å². The van der Waals surface area contributed by atoms with Crippen molar-refractivity contribution in [1.29, 1.82) is 0 Å². The van der Waals surface area contributed by atoms with Crippen LogP contribution in [0.15, 0.2) is 83.3 Å². The molecule has 5 rings (SSSR count). The van der Waals surface area contributed by atoms with Crippen molar-refractivity contribution in [2.75, 3.05) is 26.2 Å². The third kappa shape index (κ3) is 4.34. The molecule has 1 amide bonds. The van der Waals surface area contributed by atoms with Crippen LogP contribution in [0.2, 0.25) is 0 Å². The number of carbonyl (C=O) groups excluding carboxylic acids is 1. The van der Waals surface area contributed by atoms with Gasteiger partial charge in [-0.25, -0.2) is 0 Å². The highest BCUT2D eigenvalue weighted by Gasteiger charge is 2.30. The minimum absolute atomic E-state index is 0.0829. The van der Waals surface area contributed by atoms with Crippen LogP contribution in [0.4, 0.5) is 0 Å². The molecule has 0 spiro atoms. The van der Waals surface area contributed by atoms with Crippen LogP contribution in [-0.4, -0.2) is 41.9 Å². The predicted molar refractivity (Wildman–Crippen MR) is 135 cm³/mol. The van der Waals surface area contributed by atoms with Crippen LogP contribution in [0.1, 0.15) is 33.9 Å². The molecule has 1 aliphatic carbocycles. The Morgan fingerprint density at radius 1 is 0.812 bits per heavy atom. The van der Waals surface area contributed by atoms with Crippen molar-refractivity contribution in [3.8, 4) is 0 Å². The van der Waals surface area contributed by atoms with E-state index in [0.29, 0.717) is 0 Å². The van der Waals surface area contributed by atoms with Crippen molar-refractivity contribution < 1.29 is 4.79 Å². The molecule has 0 aromatic heterocycles. The van der Waals surface area contributed by atoms with E-state index >= 15 is 0 Å². The van der Waals surface area contributed by atoms with Crippen LogP contribution in [0.5, 0.6) is 0 Å². The van der Waals surface area contributed by atoms with E-state index in [2.05, 4.69) is 75.4 Å². The molecule has 0 bridgehead atoms. The second kappa shape index (κ2) is 9.27. The summed E-state index contributed by atoms with van der Waals surface area (Å²) in [6.07, 6.45) is 8.03. The number of amides is 1. The summed E-state index contributed by atoms with van der Waals surface area (Å²) in [6.45, 7) is 3.15. The van der Waals surface area contributed by atoms with Gasteiger partial charge in [0.15, 0.2) is 0 Å². The first-order valence-electron chi connectivity index (χ1n) is 11.0. The molecule has 3 aromatic carbocycles. The van der Waals surface area contributed by atoms with E-state index in [1.807, 2.05) is 41.3 Å². The Morgan fingerprint density at radius 2 is 1.50 bits per heavy atom. The molecule has 0 saturated carbocycles. The van der Waals surface area contributed by atoms with Gasteiger partial charge in [0.25, 0.3) is 0 Å². The molecule has 3 aromatic rings. The number of nitrogens with zero attached hydrogens (tertiary/aromatic N) is 2. The molecule has 1 atom stereocenters. The zero-order valence-corrected chi connectivity index (χ0v) is 19.4. The molecule has 3 nitrogen and oxygen atoms in total. The Labute approximate surface area is 197 Å². The van der Waals surface area contributed by atoms with E-state index < -0.39 is 0 Å². The Hall–Kier alpha value is -2.95.